The lowest BCUT2D eigenvalue weighted by molar-refractivity contribution is -0.113. The van der Waals surface area contributed by atoms with Crippen LogP contribution in [0.15, 0.2) is 52.3 Å². The molecule has 1 aromatic heterocycles. The van der Waals surface area contributed by atoms with Crippen LogP contribution >= 0.6 is 11.8 Å². The molecule has 1 unspecified atom stereocenters. The number of hydrogen-bond acceptors (Lipinski definition) is 5. The van der Waals surface area contributed by atoms with Gasteiger partial charge in [0.05, 0.1) is 18.4 Å². The Kier molecular flexibility index (Phi) is 6.28. The minimum Gasteiger partial charge on any atom is -0.376 e. The molecule has 0 saturated carbocycles. The van der Waals surface area contributed by atoms with Gasteiger partial charge in [-0.05, 0) is 50.0 Å². The Morgan fingerprint density at radius 3 is 2.84 bits per heavy atom. The summed E-state index contributed by atoms with van der Waals surface area (Å²) < 4.78 is 7.58. The van der Waals surface area contributed by atoms with Crippen molar-refractivity contribution in [1.29, 1.82) is 0 Å². The van der Waals surface area contributed by atoms with Gasteiger partial charge in [-0.25, -0.2) is 4.79 Å². The van der Waals surface area contributed by atoms with Gasteiger partial charge >= 0.3 is 5.69 Å². The van der Waals surface area contributed by atoms with E-state index in [0.717, 1.165) is 72.8 Å². The van der Waals surface area contributed by atoms with Gasteiger partial charge in [0.2, 0.25) is 5.91 Å². The first-order valence-corrected chi connectivity index (χ1v) is 12.3. The van der Waals surface area contributed by atoms with Crippen molar-refractivity contribution in [3.05, 3.63) is 64.2 Å². The van der Waals surface area contributed by atoms with E-state index in [0.29, 0.717) is 11.6 Å². The number of carbonyl (C=O) groups is 1. The minimum atomic E-state index is -0.224. The zero-order valence-corrected chi connectivity index (χ0v) is 18.8. The molecule has 2 aliphatic rings. The second-order valence-electron chi connectivity index (χ2n) is 8.44. The van der Waals surface area contributed by atoms with Crippen LogP contribution < -0.4 is 11.0 Å². The number of thioether (sulfide) groups is 1. The van der Waals surface area contributed by atoms with Crippen molar-refractivity contribution in [1.82, 2.24) is 9.55 Å². The second-order valence-corrected chi connectivity index (χ2v) is 9.41. The van der Waals surface area contributed by atoms with Crippen molar-refractivity contribution in [2.75, 3.05) is 17.7 Å². The summed E-state index contributed by atoms with van der Waals surface area (Å²) in [6.07, 6.45) is 6.10. The van der Waals surface area contributed by atoms with E-state index in [2.05, 4.69) is 10.3 Å². The van der Waals surface area contributed by atoms with E-state index in [4.69, 9.17) is 4.74 Å². The molecule has 6 nitrogen and oxygen atoms in total. The molecular formula is C25H27N3O3S. The molecule has 3 aromatic rings. The second kappa shape index (κ2) is 9.46. The van der Waals surface area contributed by atoms with Crippen molar-refractivity contribution < 1.29 is 9.53 Å². The zero-order valence-electron chi connectivity index (χ0n) is 18.0. The third kappa shape index (κ3) is 4.45. The van der Waals surface area contributed by atoms with Crippen LogP contribution in [0.25, 0.3) is 10.8 Å². The van der Waals surface area contributed by atoms with Crippen LogP contribution in [0, 0.1) is 0 Å². The van der Waals surface area contributed by atoms with Gasteiger partial charge < -0.3 is 10.1 Å². The molecule has 1 fully saturated rings. The molecule has 7 heteroatoms. The molecule has 1 amide bonds. The highest BCUT2D eigenvalue weighted by Crippen LogP contribution is 2.30. The van der Waals surface area contributed by atoms with Gasteiger partial charge in [-0.3, -0.25) is 9.36 Å². The van der Waals surface area contributed by atoms with Crippen LogP contribution in [0.1, 0.15) is 36.9 Å². The minimum absolute atomic E-state index is 0.0961. The quantitative estimate of drug-likeness (QED) is 0.451. The third-order valence-corrected chi connectivity index (χ3v) is 7.28. The molecule has 1 aliphatic heterocycles. The lowest BCUT2D eigenvalue weighted by atomic mass is 9.97. The maximum atomic E-state index is 12.9. The molecule has 32 heavy (non-hydrogen) atoms. The van der Waals surface area contributed by atoms with E-state index in [9.17, 15) is 9.59 Å². The summed E-state index contributed by atoms with van der Waals surface area (Å²) in [6.45, 7) is 1.36. The molecule has 0 radical (unpaired) electrons. The first-order valence-electron chi connectivity index (χ1n) is 11.3. The number of fused-ring (bicyclic) bond motifs is 2. The summed E-state index contributed by atoms with van der Waals surface area (Å²) in [4.78, 5) is 30.0. The fourth-order valence-electron chi connectivity index (χ4n) is 4.70. The number of ether oxygens (including phenoxy) is 1. The predicted octanol–water partition coefficient (Wildman–Crippen LogP) is 4.19. The number of rotatable bonds is 6. The molecule has 2 heterocycles. The fourth-order valence-corrected chi connectivity index (χ4v) is 5.58. The molecule has 166 valence electrons. The van der Waals surface area contributed by atoms with Crippen molar-refractivity contribution in [2.45, 2.75) is 56.2 Å². The number of hydrogen-bond donors (Lipinski definition) is 1. The monoisotopic (exact) mass is 449 g/mol. The standard InChI is InChI=1S/C25H27N3O3S/c29-23(26-21-12-5-8-17-7-1-2-10-19(17)21)16-32-24-20-11-3-4-13-22(20)28(25(30)27-24)15-18-9-6-14-31-18/h1-2,5,7-8,10,12,18H,3-4,6,9,11,13-16H2,(H,26,29). The summed E-state index contributed by atoms with van der Waals surface area (Å²) in [7, 11) is 0. The van der Waals surface area contributed by atoms with E-state index >= 15 is 0 Å². The molecule has 5 rings (SSSR count). The number of carbonyl (C=O) groups excluding carboxylic acids is 1. The van der Waals surface area contributed by atoms with Crippen molar-refractivity contribution in [2.24, 2.45) is 0 Å². The van der Waals surface area contributed by atoms with E-state index in [1.165, 1.54) is 11.8 Å². The van der Waals surface area contributed by atoms with Crippen LogP contribution in [-0.2, 0) is 28.9 Å². The van der Waals surface area contributed by atoms with Gasteiger partial charge in [0.15, 0.2) is 0 Å². The summed E-state index contributed by atoms with van der Waals surface area (Å²) in [5, 5.41) is 5.83. The summed E-state index contributed by atoms with van der Waals surface area (Å²) in [6, 6.07) is 13.9. The highest BCUT2D eigenvalue weighted by atomic mass is 32.2. The lowest BCUT2D eigenvalue weighted by Crippen LogP contribution is -2.34. The topological polar surface area (TPSA) is 73.2 Å². The summed E-state index contributed by atoms with van der Waals surface area (Å²) in [5.41, 5.74) is 2.80. The number of nitrogens with one attached hydrogen (secondary N) is 1. The Labute approximate surface area is 191 Å². The number of amides is 1. The predicted molar refractivity (Wildman–Crippen MR) is 127 cm³/mol. The van der Waals surface area contributed by atoms with Crippen LogP contribution in [0.2, 0.25) is 0 Å². The van der Waals surface area contributed by atoms with Crippen molar-refractivity contribution in [3.8, 4) is 0 Å². The summed E-state index contributed by atoms with van der Waals surface area (Å²) >= 11 is 1.37. The molecule has 2 aromatic carbocycles. The highest BCUT2D eigenvalue weighted by molar-refractivity contribution is 8.00. The Morgan fingerprint density at radius 2 is 1.97 bits per heavy atom. The van der Waals surface area contributed by atoms with Gasteiger partial charge in [-0.2, -0.15) is 4.98 Å². The third-order valence-electron chi connectivity index (χ3n) is 6.26. The Balaban J connectivity index is 1.33. The SMILES string of the molecule is O=C(CSc1nc(=O)n(CC2CCCO2)c2c1CCCC2)Nc1cccc2ccccc12. The molecule has 0 bridgehead atoms. The van der Waals surface area contributed by atoms with E-state index < -0.39 is 0 Å². The normalized spacial score (nSPS) is 17.9. The van der Waals surface area contributed by atoms with Crippen LogP contribution in [0.3, 0.4) is 0 Å². The molecule has 1 atom stereocenters. The Bertz CT molecular complexity index is 1200. The summed E-state index contributed by atoms with van der Waals surface area (Å²) in [5.74, 6) is 0.124. The average molecular weight is 450 g/mol. The van der Waals surface area contributed by atoms with Crippen LogP contribution in [-0.4, -0.2) is 33.9 Å². The molecule has 1 N–H and O–H groups in total. The number of benzene rings is 2. The first kappa shape index (κ1) is 21.2. The molecule has 1 aliphatic carbocycles. The van der Waals surface area contributed by atoms with Gasteiger partial charge in [0, 0.05) is 28.9 Å². The van der Waals surface area contributed by atoms with Gasteiger partial charge in [-0.15, -0.1) is 0 Å². The Hall–Kier alpha value is -2.64. The largest absolute Gasteiger partial charge is 0.376 e. The van der Waals surface area contributed by atoms with Crippen molar-refractivity contribution in [3.63, 3.8) is 0 Å². The number of aromatic nitrogens is 2. The average Bonchev–Trinajstić information content (AvgIpc) is 3.33. The van der Waals surface area contributed by atoms with Crippen LogP contribution in [0.5, 0.6) is 0 Å². The van der Waals surface area contributed by atoms with Gasteiger partial charge in [0.25, 0.3) is 0 Å². The van der Waals surface area contributed by atoms with Gasteiger partial charge in [-0.1, -0.05) is 48.2 Å². The maximum absolute atomic E-state index is 12.9. The Morgan fingerprint density at radius 1 is 1.12 bits per heavy atom. The smallest absolute Gasteiger partial charge is 0.348 e. The van der Waals surface area contributed by atoms with Gasteiger partial charge in [0.1, 0.15) is 5.03 Å². The van der Waals surface area contributed by atoms with E-state index in [1.807, 2.05) is 47.0 Å². The van der Waals surface area contributed by atoms with Crippen LogP contribution in [0.4, 0.5) is 5.69 Å². The number of nitrogens with zero attached hydrogens (tertiary/aromatic N) is 2. The number of anilines is 1. The van der Waals surface area contributed by atoms with E-state index in [-0.39, 0.29) is 23.5 Å². The zero-order chi connectivity index (χ0) is 21.9. The van der Waals surface area contributed by atoms with E-state index in [1.54, 1.807) is 0 Å². The lowest BCUT2D eigenvalue weighted by Gasteiger charge is -2.24. The highest BCUT2D eigenvalue weighted by Gasteiger charge is 2.24. The molecular weight excluding hydrogens is 422 g/mol. The fraction of sp³-hybridized carbons (Fsp3) is 0.400. The van der Waals surface area contributed by atoms with Crippen molar-refractivity contribution >= 4 is 34.1 Å². The first-order chi connectivity index (χ1) is 15.7. The molecule has 0 spiro atoms. The maximum Gasteiger partial charge on any atom is 0.348 e. The molecule has 1 saturated heterocycles.